The molecule has 43 heavy (non-hydrogen) atoms. The van der Waals surface area contributed by atoms with Crippen LogP contribution in [0.3, 0.4) is 0 Å². The van der Waals surface area contributed by atoms with E-state index in [0.29, 0.717) is 40.6 Å². The van der Waals surface area contributed by atoms with Gasteiger partial charge in [-0.1, -0.05) is 36.4 Å². The Bertz CT molecular complexity index is 1570. The fourth-order valence-corrected chi connectivity index (χ4v) is 4.88. The van der Waals surface area contributed by atoms with E-state index in [1.54, 1.807) is 92.0 Å². The number of thioether (sulfide) groups is 1. The number of hydrogen-bond donors (Lipinski definition) is 3. The molecule has 4 aromatic carbocycles. The van der Waals surface area contributed by atoms with Gasteiger partial charge in [0.2, 0.25) is 5.91 Å². The van der Waals surface area contributed by atoms with Crippen LogP contribution in [-0.2, 0) is 9.59 Å². The van der Waals surface area contributed by atoms with E-state index in [4.69, 9.17) is 9.47 Å². The molecule has 1 unspecified atom stereocenters. The van der Waals surface area contributed by atoms with Crippen molar-refractivity contribution in [1.29, 1.82) is 0 Å². The molecule has 4 rings (SSSR count). The first-order chi connectivity index (χ1) is 20.8. The van der Waals surface area contributed by atoms with E-state index in [2.05, 4.69) is 16.0 Å². The average Bonchev–Trinajstić information content (AvgIpc) is 3.02. The fourth-order valence-electron chi connectivity index (χ4n) is 3.96. The summed E-state index contributed by atoms with van der Waals surface area (Å²) in [5.74, 6) is 0.352. The molecule has 0 radical (unpaired) electrons. The van der Waals surface area contributed by atoms with Gasteiger partial charge in [-0.3, -0.25) is 14.4 Å². The van der Waals surface area contributed by atoms with Gasteiger partial charge in [0.1, 0.15) is 17.2 Å². The molecule has 0 saturated heterocycles. The van der Waals surface area contributed by atoms with E-state index in [9.17, 15) is 14.4 Å². The number of anilines is 2. The summed E-state index contributed by atoms with van der Waals surface area (Å²) < 4.78 is 10.7. The molecule has 0 fully saturated rings. The highest BCUT2D eigenvalue weighted by Crippen LogP contribution is 2.27. The Labute approximate surface area is 255 Å². The lowest BCUT2D eigenvalue weighted by atomic mass is 10.1. The topological polar surface area (TPSA) is 106 Å². The summed E-state index contributed by atoms with van der Waals surface area (Å²) in [7, 11) is 1.59. The van der Waals surface area contributed by atoms with E-state index in [-0.39, 0.29) is 11.6 Å². The van der Waals surface area contributed by atoms with Crippen LogP contribution in [0.25, 0.3) is 6.08 Å². The number of carbonyl (C=O) groups excluding carboxylic acids is 3. The van der Waals surface area contributed by atoms with Gasteiger partial charge in [0.15, 0.2) is 0 Å². The first kappa shape index (κ1) is 30.9. The van der Waals surface area contributed by atoms with Gasteiger partial charge in [-0.05, 0) is 92.2 Å². The minimum atomic E-state index is -0.495. The number of amides is 3. The Balaban J connectivity index is 1.47. The van der Waals surface area contributed by atoms with Gasteiger partial charge >= 0.3 is 0 Å². The van der Waals surface area contributed by atoms with E-state index in [1.807, 2.05) is 38.1 Å². The molecule has 0 aromatic heterocycles. The van der Waals surface area contributed by atoms with Crippen LogP contribution >= 0.6 is 11.8 Å². The highest BCUT2D eigenvalue weighted by atomic mass is 32.2. The minimum absolute atomic E-state index is 0.0725. The molecule has 9 heteroatoms. The first-order valence-corrected chi connectivity index (χ1v) is 14.6. The Morgan fingerprint density at radius 2 is 1.51 bits per heavy atom. The summed E-state index contributed by atoms with van der Waals surface area (Å²) in [5.41, 5.74) is 2.40. The second-order valence-electron chi connectivity index (χ2n) is 9.34. The van der Waals surface area contributed by atoms with Gasteiger partial charge in [0.05, 0.1) is 19.0 Å². The normalized spacial score (nSPS) is 11.7. The van der Waals surface area contributed by atoms with Crippen LogP contribution in [0.1, 0.15) is 29.8 Å². The molecule has 0 aliphatic carbocycles. The SMILES string of the molecule is CCOc1ccc(/C=C(/NC(=O)c2ccccc2)C(=O)Nc2cccc(SC(C)C(=O)Nc3ccc(OC)cc3)c2)cc1. The highest BCUT2D eigenvalue weighted by Gasteiger charge is 2.17. The van der Waals surface area contributed by atoms with E-state index in [1.165, 1.54) is 11.8 Å². The van der Waals surface area contributed by atoms with Crippen LogP contribution in [0.4, 0.5) is 11.4 Å². The van der Waals surface area contributed by atoms with Gasteiger partial charge in [0.25, 0.3) is 11.8 Å². The molecular formula is C34H33N3O5S. The van der Waals surface area contributed by atoms with Crippen molar-refractivity contribution in [1.82, 2.24) is 5.32 Å². The average molecular weight is 596 g/mol. The third kappa shape index (κ3) is 9.24. The summed E-state index contributed by atoms with van der Waals surface area (Å²) in [6.45, 7) is 4.26. The van der Waals surface area contributed by atoms with Gasteiger partial charge in [-0.25, -0.2) is 0 Å². The number of hydrogen-bond acceptors (Lipinski definition) is 6. The molecule has 0 spiro atoms. The van der Waals surface area contributed by atoms with Gasteiger partial charge in [0, 0.05) is 21.8 Å². The monoisotopic (exact) mass is 595 g/mol. The maximum Gasteiger partial charge on any atom is 0.272 e. The van der Waals surface area contributed by atoms with Crippen molar-refractivity contribution in [3.05, 3.63) is 120 Å². The van der Waals surface area contributed by atoms with E-state index >= 15 is 0 Å². The molecule has 0 aliphatic rings. The summed E-state index contributed by atoms with van der Waals surface area (Å²) in [5, 5.41) is 8.11. The third-order valence-electron chi connectivity index (χ3n) is 6.16. The molecule has 0 aliphatic heterocycles. The Morgan fingerprint density at radius 1 is 0.814 bits per heavy atom. The van der Waals surface area contributed by atoms with Crippen molar-refractivity contribution in [3.8, 4) is 11.5 Å². The van der Waals surface area contributed by atoms with Gasteiger partial charge < -0.3 is 25.4 Å². The number of methoxy groups -OCH3 is 1. The smallest absolute Gasteiger partial charge is 0.272 e. The molecule has 1 atom stereocenters. The lowest BCUT2D eigenvalue weighted by Gasteiger charge is -2.14. The highest BCUT2D eigenvalue weighted by molar-refractivity contribution is 8.00. The second kappa shape index (κ2) is 15.3. The fraction of sp³-hybridized carbons (Fsp3) is 0.147. The van der Waals surface area contributed by atoms with Crippen molar-refractivity contribution < 1.29 is 23.9 Å². The molecule has 4 aromatic rings. The maximum atomic E-state index is 13.4. The third-order valence-corrected chi connectivity index (χ3v) is 7.26. The second-order valence-corrected chi connectivity index (χ2v) is 10.8. The number of nitrogens with one attached hydrogen (secondary N) is 3. The van der Waals surface area contributed by atoms with Crippen LogP contribution in [0, 0.1) is 0 Å². The lowest BCUT2D eigenvalue weighted by Crippen LogP contribution is -2.30. The number of carbonyl (C=O) groups is 3. The van der Waals surface area contributed by atoms with Gasteiger partial charge in [-0.15, -0.1) is 11.8 Å². The summed E-state index contributed by atoms with van der Waals surface area (Å²) in [6, 6.07) is 30.2. The number of ether oxygens (including phenoxy) is 2. The molecular weight excluding hydrogens is 562 g/mol. The maximum absolute atomic E-state index is 13.4. The van der Waals surface area contributed by atoms with Crippen molar-refractivity contribution >= 4 is 46.9 Å². The minimum Gasteiger partial charge on any atom is -0.497 e. The Hall–Kier alpha value is -5.02. The molecule has 3 amide bonds. The predicted molar refractivity (Wildman–Crippen MR) is 172 cm³/mol. The molecule has 0 heterocycles. The first-order valence-electron chi connectivity index (χ1n) is 13.7. The largest absolute Gasteiger partial charge is 0.497 e. The molecule has 220 valence electrons. The molecule has 3 N–H and O–H groups in total. The standard InChI is InChI=1S/C34H33N3O5S/c1-4-42-29-17-13-24(14-18-29)21-31(37-33(39)25-9-6-5-7-10-25)34(40)36-27-11-8-12-30(22-27)43-23(2)32(38)35-26-15-19-28(41-3)20-16-26/h5-23H,4H2,1-3H3,(H,35,38)(H,36,40)(H,37,39)/b31-21+. The lowest BCUT2D eigenvalue weighted by molar-refractivity contribution is -0.115. The summed E-state index contributed by atoms with van der Waals surface area (Å²) in [4.78, 5) is 40.0. The van der Waals surface area contributed by atoms with Crippen molar-refractivity contribution in [2.45, 2.75) is 24.0 Å². The zero-order valence-electron chi connectivity index (χ0n) is 24.1. The van der Waals surface area contributed by atoms with Crippen LogP contribution in [-0.4, -0.2) is 36.7 Å². The molecule has 0 saturated carbocycles. The summed E-state index contributed by atoms with van der Waals surface area (Å²) in [6.07, 6.45) is 1.61. The quantitative estimate of drug-likeness (QED) is 0.126. The molecule has 8 nitrogen and oxygen atoms in total. The van der Waals surface area contributed by atoms with Crippen molar-refractivity contribution in [2.24, 2.45) is 0 Å². The Morgan fingerprint density at radius 3 is 2.19 bits per heavy atom. The zero-order chi connectivity index (χ0) is 30.6. The zero-order valence-corrected chi connectivity index (χ0v) is 24.9. The Kier molecular flexibility index (Phi) is 11.0. The van der Waals surface area contributed by atoms with Crippen molar-refractivity contribution in [3.63, 3.8) is 0 Å². The molecule has 0 bridgehead atoms. The van der Waals surface area contributed by atoms with E-state index < -0.39 is 17.1 Å². The predicted octanol–water partition coefficient (Wildman–Crippen LogP) is 6.62. The van der Waals surface area contributed by atoms with Crippen LogP contribution in [0.2, 0.25) is 0 Å². The number of rotatable bonds is 12. The number of benzene rings is 4. The van der Waals surface area contributed by atoms with Crippen molar-refractivity contribution in [2.75, 3.05) is 24.4 Å². The summed E-state index contributed by atoms with van der Waals surface area (Å²) >= 11 is 1.36. The van der Waals surface area contributed by atoms with Gasteiger partial charge in [-0.2, -0.15) is 0 Å². The van der Waals surface area contributed by atoms with Crippen LogP contribution < -0.4 is 25.4 Å². The van der Waals surface area contributed by atoms with E-state index in [0.717, 1.165) is 4.90 Å². The van der Waals surface area contributed by atoms with Crippen LogP contribution in [0.5, 0.6) is 11.5 Å². The van der Waals surface area contributed by atoms with Crippen LogP contribution in [0.15, 0.2) is 114 Å².